The molecule has 0 unspecified atom stereocenters. The third-order valence-corrected chi connectivity index (χ3v) is 8.78. The average Bonchev–Trinajstić information content (AvgIpc) is 3.48. The predicted molar refractivity (Wildman–Crippen MR) is 149 cm³/mol. The highest BCUT2D eigenvalue weighted by atomic mass is 32.1. The van der Waals surface area contributed by atoms with Crippen LogP contribution in [0.25, 0.3) is 26.8 Å². The largest absolute Gasteiger partial charge is 0.217 e. The summed E-state index contributed by atoms with van der Waals surface area (Å²) in [5.74, 6) is 1.70. The fraction of sp³-hybridized carbons (Fsp3) is 0.484. The van der Waals surface area contributed by atoms with Crippen LogP contribution in [0.3, 0.4) is 0 Å². The van der Waals surface area contributed by atoms with Crippen LogP contribution in [0.2, 0.25) is 0 Å². The maximum Gasteiger partial charge on any atom is 0.213 e. The summed E-state index contributed by atoms with van der Waals surface area (Å²) < 4.78 is 1.94. The maximum atomic E-state index is 4.89. The summed E-state index contributed by atoms with van der Waals surface area (Å²) in [6.45, 7) is 4.54. The van der Waals surface area contributed by atoms with Gasteiger partial charge in [0.1, 0.15) is 5.01 Å². The molecule has 0 atom stereocenters. The molecule has 184 valence electrons. The van der Waals surface area contributed by atoms with Crippen molar-refractivity contribution in [3.8, 4) is 21.8 Å². The van der Waals surface area contributed by atoms with Crippen molar-refractivity contribution in [1.82, 2.24) is 14.6 Å². The van der Waals surface area contributed by atoms with Gasteiger partial charge in [-0.2, -0.15) is 5.10 Å². The number of hydrogen-bond acceptors (Lipinski definition) is 3. The fourth-order valence-electron chi connectivity index (χ4n) is 5.54. The van der Waals surface area contributed by atoms with Crippen molar-refractivity contribution >= 4 is 16.3 Å². The summed E-state index contributed by atoms with van der Waals surface area (Å²) in [6.07, 6.45) is 16.8. The maximum absolute atomic E-state index is 4.89. The SMILES string of the molecule is CCCCCC1CCC(c2ccc(-c3cn4nc(-c5ccc(CCCC)cc5)sc4n3)cc2)CC1. The fourth-order valence-corrected chi connectivity index (χ4v) is 6.43. The average molecular weight is 486 g/mol. The molecule has 4 heteroatoms. The first-order chi connectivity index (χ1) is 17.2. The molecule has 0 amide bonds. The third kappa shape index (κ3) is 5.86. The number of nitrogens with zero attached hydrogens (tertiary/aromatic N) is 3. The molecule has 2 aromatic heterocycles. The second-order valence-electron chi connectivity index (χ2n) is 10.4. The topological polar surface area (TPSA) is 30.2 Å². The molecule has 0 N–H and O–H groups in total. The summed E-state index contributed by atoms with van der Waals surface area (Å²) in [6, 6.07) is 18.1. The summed E-state index contributed by atoms with van der Waals surface area (Å²) in [4.78, 5) is 5.85. The highest BCUT2D eigenvalue weighted by Gasteiger charge is 2.22. The lowest BCUT2D eigenvalue weighted by molar-refractivity contribution is 0.303. The van der Waals surface area contributed by atoms with Crippen LogP contribution in [0, 0.1) is 5.92 Å². The molecule has 1 fully saturated rings. The van der Waals surface area contributed by atoms with Crippen molar-refractivity contribution < 1.29 is 0 Å². The molecule has 0 radical (unpaired) electrons. The van der Waals surface area contributed by atoms with E-state index in [-0.39, 0.29) is 0 Å². The Kier molecular flexibility index (Phi) is 7.98. The Morgan fingerprint density at radius 3 is 2.23 bits per heavy atom. The number of benzene rings is 2. The molecule has 1 aliphatic carbocycles. The van der Waals surface area contributed by atoms with Gasteiger partial charge >= 0.3 is 0 Å². The van der Waals surface area contributed by atoms with Crippen molar-refractivity contribution in [3.63, 3.8) is 0 Å². The van der Waals surface area contributed by atoms with Gasteiger partial charge in [-0.3, -0.25) is 0 Å². The monoisotopic (exact) mass is 485 g/mol. The van der Waals surface area contributed by atoms with Crippen LogP contribution >= 0.6 is 11.3 Å². The Labute approximate surface area is 214 Å². The Hall–Kier alpha value is -2.46. The normalized spacial score (nSPS) is 18.3. The van der Waals surface area contributed by atoms with E-state index in [0.29, 0.717) is 0 Å². The molecule has 1 saturated carbocycles. The van der Waals surface area contributed by atoms with Gasteiger partial charge in [-0.1, -0.05) is 106 Å². The third-order valence-electron chi connectivity index (χ3n) is 7.80. The number of fused-ring (bicyclic) bond motifs is 1. The van der Waals surface area contributed by atoms with Crippen LogP contribution in [0.4, 0.5) is 0 Å². The Bertz CT molecular complexity index is 1160. The van der Waals surface area contributed by atoms with E-state index in [1.54, 1.807) is 11.3 Å². The summed E-state index contributed by atoms with van der Waals surface area (Å²) in [5.41, 5.74) is 6.27. The minimum absolute atomic E-state index is 0.731. The molecule has 2 heterocycles. The Balaban J connectivity index is 1.21. The second-order valence-corrected chi connectivity index (χ2v) is 11.4. The van der Waals surface area contributed by atoms with Crippen molar-refractivity contribution in [2.24, 2.45) is 5.92 Å². The molecule has 0 saturated heterocycles. The van der Waals surface area contributed by atoms with Crippen LogP contribution in [-0.2, 0) is 6.42 Å². The molecule has 2 aromatic carbocycles. The molecular weight excluding hydrogens is 446 g/mol. The second kappa shape index (κ2) is 11.5. The van der Waals surface area contributed by atoms with Gasteiger partial charge in [0.05, 0.1) is 11.9 Å². The van der Waals surface area contributed by atoms with Crippen LogP contribution in [0.5, 0.6) is 0 Å². The predicted octanol–water partition coefficient (Wildman–Crippen LogP) is 9.32. The number of rotatable bonds is 10. The number of imidazole rings is 1. The van der Waals surface area contributed by atoms with E-state index in [4.69, 9.17) is 10.1 Å². The van der Waals surface area contributed by atoms with E-state index in [0.717, 1.165) is 33.9 Å². The lowest BCUT2D eigenvalue weighted by Gasteiger charge is -2.29. The van der Waals surface area contributed by atoms with E-state index >= 15 is 0 Å². The molecule has 0 aliphatic heterocycles. The van der Waals surface area contributed by atoms with Gasteiger partial charge in [0.2, 0.25) is 4.96 Å². The zero-order valence-corrected chi connectivity index (χ0v) is 22.2. The molecular formula is C31H39N3S. The Morgan fingerprint density at radius 2 is 1.54 bits per heavy atom. The van der Waals surface area contributed by atoms with E-state index in [2.05, 4.69) is 68.6 Å². The molecule has 1 aliphatic rings. The number of hydrogen-bond donors (Lipinski definition) is 0. The highest BCUT2D eigenvalue weighted by molar-refractivity contribution is 7.19. The lowest BCUT2D eigenvalue weighted by atomic mass is 9.77. The first-order valence-electron chi connectivity index (χ1n) is 13.8. The Morgan fingerprint density at radius 1 is 0.829 bits per heavy atom. The zero-order valence-electron chi connectivity index (χ0n) is 21.4. The summed E-state index contributed by atoms with van der Waals surface area (Å²) in [7, 11) is 0. The zero-order chi connectivity index (χ0) is 24.0. The number of aryl methyl sites for hydroxylation is 1. The van der Waals surface area contributed by atoms with E-state index in [1.165, 1.54) is 86.5 Å². The summed E-state index contributed by atoms with van der Waals surface area (Å²) >= 11 is 1.66. The number of unbranched alkanes of at least 4 members (excludes halogenated alkanes) is 3. The highest BCUT2D eigenvalue weighted by Crippen LogP contribution is 2.38. The van der Waals surface area contributed by atoms with Gasteiger partial charge in [-0.05, 0) is 61.5 Å². The van der Waals surface area contributed by atoms with Crippen LogP contribution in [0.1, 0.15) is 95.1 Å². The standard InChI is InChI=1S/C31H39N3S/c1-3-5-7-9-24-10-14-25(15-11-24)26-18-20-27(21-19-26)29-22-34-31(32-29)35-30(33-34)28-16-12-23(13-17-28)8-6-4-2/h12-13,16-22,24-25H,3-11,14-15H2,1-2H3. The first-order valence-corrected chi connectivity index (χ1v) is 14.6. The van der Waals surface area contributed by atoms with Crippen molar-refractivity contribution in [1.29, 1.82) is 0 Å². The smallest absolute Gasteiger partial charge is 0.213 e. The minimum Gasteiger partial charge on any atom is -0.217 e. The van der Waals surface area contributed by atoms with Crippen LogP contribution < -0.4 is 0 Å². The van der Waals surface area contributed by atoms with Gasteiger partial charge in [0, 0.05) is 11.1 Å². The van der Waals surface area contributed by atoms with E-state index in [1.807, 2.05) is 4.52 Å². The van der Waals surface area contributed by atoms with Gasteiger partial charge in [-0.25, -0.2) is 9.50 Å². The molecule has 4 aromatic rings. The quantitative estimate of drug-likeness (QED) is 0.209. The van der Waals surface area contributed by atoms with Gasteiger partial charge in [0.15, 0.2) is 0 Å². The van der Waals surface area contributed by atoms with E-state index in [9.17, 15) is 0 Å². The minimum atomic E-state index is 0.731. The van der Waals surface area contributed by atoms with Crippen molar-refractivity contribution in [2.75, 3.05) is 0 Å². The summed E-state index contributed by atoms with van der Waals surface area (Å²) in [5, 5.41) is 5.85. The van der Waals surface area contributed by atoms with Crippen LogP contribution in [-0.4, -0.2) is 14.6 Å². The van der Waals surface area contributed by atoms with Crippen LogP contribution in [0.15, 0.2) is 54.7 Å². The van der Waals surface area contributed by atoms with Gasteiger partial charge in [-0.15, -0.1) is 0 Å². The first kappa shape index (κ1) is 24.2. The van der Waals surface area contributed by atoms with Crippen molar-refractivity contribution in [3.05, 3.63) is 65.9 Å². The van der Waals surface area contributed by atoms with Gasteiger partial charge in [0.25, 0.3) is 0 Å². The molecule has 35 heavy (non-hydrogen) atoms. The molecule has 5 rings (SSSR count). The molecule has 0 bridgehead atoms. The van der Waals surface area contributed by atoms with Gasteiger partial charge < -0.3 is 0 Å². The number of aromatic nitrogens is 3. The lowest BCUT2D eigenvalue weighted by Crippen LogP contribution is -2.13. The molecule has 0 spiro atoms. The molecule has 3 nitrogen and oxygen atoms in total. The van der Waals surface area contributed by atoms with Crippen molar-refractivity contribution in [2.45, 2.75) is 90.4 Å². The van der Waals surface area contributed by atoms with E-state index < -0.39 is 0 Å².